The zero-order chi connectivity index (χ0) is 23.4. The fourth-order valence-corrected chi connectivity index (χ4v) is 4.68. The lowest BCUT2D eigenvalue weighted by atomic mass is 10.2. The summed E-state index contributed by atoms with van der Waals surface area (Å²) in [7, 11) is 0. The molecule has 0 saturated carbocycles. The lowest BCUT2D eigenvalue weighted by molar-refractivity contribution is 0.602. The molecule has 0 atom stereocenters. The van der Waals surface area contributed by atoms with Crippen LogP contribution in [0.15, 0.2) is 49.9 Å². The summed E-state index contributed by atoms with van der Waals surface area (Å²) in [5.41, 5.74) is 0.524. The van der Waals surface area contributed by atoms with E-state index in [2.05, 4.69) is 22.1 Å². The highest BCUT2D eigenvalue weighted by molar-refractivity contribution is 7.98. The van der Waals surface area contributed by atoms with E-state index in [1.807, 2.05) is 41.8 Å². The SMILES string of the molecule is CCCCn1c(CSc2n[nH]c(=O)n2CCC)nc2c1c(=O)[nH]c(=O)n2Cc1ccccc1. The van der Waals surface area contributed by atoms with Gasteiger partial charge in [0, 0.05) is 13.1 Å². The number of aromatic nitrogens is 7. The molecule has 0 spiro atoms. The predicted octanol–water partition coefficient (Wildman–Crippen LogP) is 2.32. The van der Waals surface area contributed by atoms with Crippen molar-refractivity contribution in [1.82, 2.24) is 33.9 Å². The summed E-state index contributed by atoms with van der Waals surface area (Å²) in [4.78, 5) is 44.7. The Labute approximate surface area is 193 Å². The van der Waals surface area contributed by atoms with Gasteiger partial charge < -0.3 is 4.57 Å². The van der Waals surface area contributed by atoms with Crippen LogP contribution in [-0.4, -0.2) is 33.9 Å². The molecule has 10 nitrogen and oxygen atoms in total. The maximum Gasteiger partial charge on any atom is 0.343 e. The number of hydrogen-bond donors (Lipinski definition) is 2. The van der Waals surface area contributed by atoms with Crippen molar-refractivity contribution in [3.05, 3.63) is 73.0 Å². The van der Waals surface area contributed by atoms with Gasteiger partial charge in [0.15, 0.2) is 16.3 Å². The van der Waals surface area contributed by atoms with Crippen molar-refractivity contribution in [3.8, 4) is 0 Å². The summed E-state index contributed by atoms with van der Waals surface area (Å²) in [5.74, 6) is 1.07. The van der Waals surface area contributed by atoms with Gasteiger partial charge in [-0.1, -0.05) is 62.4 Å². The van der Waals surface area contributed by atoms with Crippen LogP contribution in [0, 0.1) is 0 Å². The Bertz CT molecular complexity index is 1410. The number of aromatic amines is 2. The van der Waals surface area contributed by atoms with E-state index < -0.39 is 11.2 Å². The summed E-state index contributed by atoms with van der Waals surface area (Å²) >= 11 is 1.38. The third-order valence-electron chi connectivity index (χ3n) is 5.38. The van der Waals surface area contributed by atoms with Crippen molar-refractivity contribution in [2.24, 2.45) is 0 Å². The van der Waals surface area contributed by atoms with Crippen LogP contribution in [0.25, 0.3) is 11.2 Å². The number of unbranched alkanes of at least 4 members (excludes halogenated alkanes) is 1. The summed E-state index contributed by atoms with van der Waals surface area (Å²) in [6.45, 7) is 5.56. The highest BCUT2D eigenvalue weighted by atomic mass is 32.2. The minimum atomic E-state index is -0.486. The fourth-order valence-electron chi connectivity index (χ4n) is 3.76. The topological polar surface area (TPSA) is 123 Å². The number of aryl methyl sites for hydroxylation is 1. The average Bonchev–Trinajstić information content (AvgIpc) is 3.35. The average molecular weight is 470 g/mol. The van der Waals surface area contributed by atoms with Gasteiger partial charge in [-0.2, -0.15) is 0 Å². The van der Waals surface area contributed by atoms with Crippen LogP contribution in [0.1, 0.15) is 44.5 Å². The van der Waals surface area contributed by atoms with Crippen LogP contribution in [0.2, 0.25) is 0 Å². The smallest absolute Gasteiger partial charge is 0.321 e. The Kier molecular flexibility index (Phi) is 6.97. The summed E-state index contributed by atoms with van der Waals surface area (Å²) in [5, 5.41) is 7.20. The molecule has 0 fully saturated rings. The molecule has 0 aliphatic carbocycles. The molecule has 33 heavy (non-hydrogen) atoms. The quantitative estimate of drug-likeness (QED) is 0.344. The first-order chi connectivity index (χ1) is 16.0. The van der Waals surface area contributed by atoms with Gasteiger partial charge in [0.2, 0.25) is 0 Å². The van der Waals surface area contributed by atoms with Crippen molar-refractivity contribution in [2.45, 2.75) is 63.7 Å². The van der Waals surface area contributed by atoms with Crippen LogP contribution in [0.3, 0.4) is 0 Å². The summed E-state index contributed by atoms with van der Waals surface area (Å²) < 4.78 is 4.99. The van der Waals surface area contributed by atoms with Crippen LogP contribution < -0.4 is 16.9 Å². The molecule has 0 aliphatic heterocycles. The number of imidazole rings is 1. The molecule has 3 heterocycles. The molecular formula is C22H27N7O3S. The van der Waals surface area contributed by atoms with E-state index in [9.17, 15) is 14.4 Å². The molecule has 0 unspecified atom stereocenters. The van der Waals surface area contributed by atoms with Gasteiger partial charge >= 0.3 is 11.4 Å². The van der Waals surface area contributed by atoms with Crippen molar-refractivity contribution >= 4 is 22.9 Å². The standard InChI is InChI=1S/C22H27N7O3S/c1-3-5-12-27-16(14-33-22-26-25-21(32)28(22)11-4-2)23-18-17(27)19(30)24-20(31)29(18)13-15-9-7-6-8-10-15/h6-10H,3-5,11-14H2,1-2H3,(H,25,32)(H,24,30,31). The van der Waals surface area contributed by atoms with E-state index in [-0.39, 0.29) is 5.69 Å². The van der Waals surface area contributed by atoms with Crippen LogP contribution in [-0.2, 0) is 25.4 Å². The first kappa shape index (κ1) is 22.8. The zero-order valence-electron chi connectivity index (χ0n) is 18.7. The second kappa shape index (κ2) is 10.1. The maximum atomic E-state index is 12.8. The van der Waals surface area contributed by atoms with Crippen LogP contribution in [0.5, 0.6) is 0 Å². The number of rotatable bonds is 10. The van der Waals surface area contributed by atoms with Gasteiger partial charge in [-0.25, -0.2) is 19.7 Å². The number of H-pyrrole nitrogens is 2. The lowest BCUT2D eigenvalue weighted by Crippen LogP contribution is -2.31. The second-order valence-corrected chi connectivity index (χ2v) is 8.73. The van der Waals surface area contributed by atoms with Crippen molar-refractivity contribution in [3.63, 3.8) is 0 Å². The molecule has 2 N–H and O–H groups in total. The van der Waals surface area contributed by atoms with Gasteiger partial charge in [-0.15, -0.1) is 5.10 Å². The van der Waals surface area contributed by atoms with E-state index in [1.54, 1.807) is 4.57 Å². The molecule has 3 aromatic heterocycles. The van der Waals surface area contributed by atoms with E-state index in [0.29, 0.717) is 47.5 Å². The molecule has 4 rings (SSSR count). The van der Waals surface area contributed by atoms with E-state index in [0.717, 1.165) is 24.8 Å². The number of benzene rings is 1. The van der Waals surface area contributed by atoms with Gasteiger partial charge in [-0.05, 0) is 18.4 Å². The Morgan fingerprint density at radius 1 is 0.939 bits per heavy atom. The Morgan fingerprint density at radius 3 is 2.45 bits per heavy atom. The number of hydrogen-bond acceptors (Lipinski definition) is 6. The first-order valence-electron chi connectivity index (χ1n) is 11.1. The number of nitrogens with zero attached hydrogens (tertiary/aromatic N) is 5. The monoisotopic (exact) mass is 469 g/mol. The minimum absolute atomic E-state index is 0.244. The first-order valence-corrected chi connectivity index (χ1v) is 12.1. The number of thioether (sulfide) groups is 1. The Hall–Kier alpha value is -3.34. The summed E-state index contributed by atoms with van der Waals surface area (Å²) in [6.07, 6.45) is 2.62. The largest absolute Gasteiger partial charge is 0.343 e. The van der Waals surface area contributed by atoms with E-state index >= 15 is 0 Å². The van der Waals surface area contributed by atoms with Crippen molar-refractivity contribution < 1.29 is 0 Å². The lowest BCUT2D eigenvalue weighted by Gasteiger charge is -2.09. The third kappa shape index (κ3) is 4.72. The Morgan fingerprint density at radius 2 is 1.73 bits per heavy atom. The molecule has 174 valence electrons. The Balaban J connectivity index is 1.78. The maximum absolute atomic E-state index is 12.8. The number of nitrogens with one attached hydrogen (secondary N) is 2. The third-order valence-corrected chi connectivity index (χ3v) is 6.36. The molecule has 0 amide bonds. The molecule has 0 bridgehead atoms. The highest BCUT2D eigenvalue weighted by Crippen LogP contribution is 2.22. The normalized spacial score (nSPS) is 11.5. The molecule has 4 aromatic rings. The molecule has 1 aromatic carbocycles. The molecule has 11 heteroatoms. The van der Waals surface area contributed by atoms with Crippen molar-refractivity contribution in [2.75, 3.05) is 0 Å². The van der Waals surface area contributed by atoms with E-state index in [1.165, 1.54) is 16.3 Å². The molecule has 0 saturated heterocycles. The van der Waals surface area contributed by atoms with Gasteiger partial charge in [0.25, 0.3) is 5.56 Å². The fraction of sp³-hybridized carbons (Fsp3) is 0.409. The molecular weight excluding hydrogens is 442 g/mol. The van der Waals surface area contributed by atoms with E-state index in [4.69, 9.17) is 4.98 Å². The van der Waals surface area contributed by atoms with Crippen molar-refractivity contribution in [1.29, 1.82) is 0 Å². The summed E-state index contributed by atoms with van der Waals surface area (Å²) in [6, 6.07) is 9.59. The van der Waals surface area contributed by atoms with Gasteiger partial charge in [0.1, 0.15) is 5.82 Å². The zero-order valence-corrected chi connectivity index (χ0v) is 19.5. The second-order valence-electron chi connectivity index (χ2n) is 7.79. The molecule has 0 aliphatic rings. The van der Waals surface area contributed by atoms with Gasteiger partial charge in [-0.3, -0.25) is 18.9 Å². The predicted molar refractivity (Wildman–Crippen MR) is 128 cm³/mol. The number of fused-ring (bicyclic) bond motifs is 1. The van der Waals surface area contributed by atoms with Crippen LogP contribution in [0.4, 0.5) is 0 Å². The van der Waals surface area contributed by atoms with Crippen LogP contribution >= 0.6 is 11.8 Å². The minimum Gasteiger partial charge on any atom is -0.321 e. The molecule has 0 radical (unpaired) electrons. The van der Waals surface area contributed by atoms with Gasteiger partial charge in [0.05, 0.1) is 12.3 Å². The highest BCUT2D eigenvalue weighted by Gasteiger charge is 2.20.